The molecule has 0 radical (unpaired) electrons. The zero-order valence-corrected chi connectivity index (χ0v) is 21.6. The normalized spacial score (nSPS) is 13.4. The van der Waals surface area contributed by atoms with Crippen LogP contribution >= 0.6 is 11.6 Å². The van der Waals surface area contributed by atoms with E-state index in [4.69, 9.17) is 16.3 Å². The zero-order valence-electron chi connectivity index (χ0n) is 20.9. The minimum absolute atomic E-state index is 0.233. The molecule has 2 nitrogen and oxygen atoms in total. The molecule has 34 heavy (non-hydrogen) atoms. The van der Waals surface area contributed by atoms with Gasteiger partial charge in [-0.15, -0.1) is 0 Å². The molecule has 0 amide bonds. The lowest BCUT2D eigenvalue weighted by Gasteiger charge is -2.22. The number of hydrogen-bond acceptors (Lipinski definition) is 1. The lowest BCUT2D eigenvalue weighted by atomic mass is 9.85. The van der Waals surface area contributed by atoms with E-state index >= 15 is 0 Å². The Bertz CT molecular complexity index is 1380. The molecule has 0 unspecified atom stereocenters. The summed E-state index contributed by atoms with van der Waals surface area (Å²) in [6.07, 6.45) is 1.79. The highest BCUT2D eigenvalue weighted by Gasteiger charge is 2.33. The first-order valence-electron chi connectivity index (χ1n) is 11.8. The van der Waals surface area contributed by atoms with Gasteiger partial charge in [0.2, 0.25) is 0 Å². The smallest absolute Gasteiger partial charge is 0.192 e. The van der Waals surface area contributed by atoms with Crippen LogP contribution in [-0.4, -0.2) is 23.9 Å². The van der Waals surface area contributed by atoms with Crippen molar-refractivity contribution in [2.45, 2.75) is 47.5 Å². The summed E-state index contributed by atoms with van der Waals surface area (Å²) in [4.78, 5) is 0. The van der Waals surface area contributed by atoms with E-state index in [0.29, 0.717) is 6.61 Å². The molecule has 3 aromatic carbocycles. The van der Waals surface area contributed by atoms with Gasteiger partial charge in [0.1, 0.15) is 24.2 Å². The van der Waals surface area contributed by atoms with E-state index in [1.54, 1.807) is 12.1 Å². The van der Waals surface area contributed by atoms with Crippen molar-refractivity contribution in [3.05, 3.63) is 87.3 Å². The lowest BCUT2D eigenvalue weighted by molar-refractivity contribution is -0.451. The number of halogens is 2. The molecule has 0 saturated carbocycles. The number of hydrogen-bond donors (Lipinski definition) is 0. The van der Waals surface area contributed by atoms with E-state index in [-0.39, 0.29) is 5.82 Å². The van der Waals surface area contributed by atoms with E-state index < -0.39 is 0 Å². The summed E-state index contributed by atoms with van der Waals surface area (Å²) in [6, 6.07) is 14.7. The van der Waals surface area contributed by atoms with E-state index in [0.717, 1.165) is 39.9 Å². The predicted octanol–water partition coefficient (Wildman–Crippen LogP) is 8.44. The van der Waals surface area contributed by atoms with Crippen LogP contribution < -0.4 is 4.74 Å². The number of nitrogens with zero attached hydrogens (tertiary/aromatic N) is 1. The second-order valence-electron chi connectivity index (χ2n) is 9.25. The van der Waals surface area contributed by atoms with Gasteiger partial charge in [0.05, 0.1) is 6.61 Å². The molecule has 1 aliphatic rings. The minimum Gasteiger partial charge on any atom is -0.493 e. The van der Waals surface area contributed by atoms with Crippen molar-refractivity contribution in [2.75, 3.05) is 13.7 Å². The summed E-state index contributed by atoms with van der Waals surface area (Å²) < 4.78 is 21.9. The fraction of sp³-hybridized carbons (Fsp3) is 0.300. The van der Waals surface area contributed by atoms with Gasteiger partial charge in [-0.25, -0.2) is 8.97 Å². The van der Waals surface area contributed by atoms with Gasteiger partial charge in [0.25, 0.3) is 0 Å². The van der Waals surface area contributed by atoms with Gasteiger partial charge in [-0.1, -0.05) is 35.4 Å². The van der Waals surface area contributed by atoms with E-state index in [1.807, 2.05) is 24.3 Å². The average Bonchev–Trinajstić information content (AvgIpc) is 2.81. The van der Waals surface area contributed by atoms with Gasteiger partial charge in [0, 0.05) is 29.8 Å². The number of rotatable bonds is 7. The molecular weight excluding hydrogens is 445 g/mol. The molecule has 0 aliphatic carbocycles. The fourth-order valence-electron chi connectivity index (χ4n) is 4.91. The molecule has 1 aliphatic heterocycles. The maximum atomic E-state index is 13.6. The Balaban J connectivity index is 1.53. The first-order valence-corrected chi connectivity index (χ1v) is 12.1. The summed E-state index contributed by atoms with van der Waals surface area (Å²) in [5.41, 5.74) is 10.0. The number of allylic oxidation sites excluding steroid dienone is 4. The van der Waals surface area contributed by atoms with Crippen LogP contribution in [0.15, 0.2) is 59.8 Å². The monoisotopic (exact) mass is 476 g/mol. The van der Waals surface area contributed by atoms with Crippen LogP contribution in [0.4, 0.5) is 4.39 Å². The number of fused-ring (bicyclic) bond motifs is 1. The highest BCUT2D eigenvalue weighted by Crippen LogP contribution is 2.39. The maximum absolute atomic E-state index is 13.6. The van der Waals surface area contributed by atoms with Crippen LogP contribution in [0.1, 0.15) is 57.2 Å². The molecule has 0 atom stereocenters. The zero-order chi connectivity index (χ0) is 24.6. The van der Waals surface area contributed by atoms with Crippen molar-refractivity contribution in [1.82, 2.24) is 0 Å². The van der Waals surface area contributed by atoms with Crippen LogP contribution in [0.25, 0.3) is 21.9 Å². The first kappa shape index (κ1) is 24.2. The Hall–Kier alpha value is -2.91. The van der Waals surface area contributed by atoms with E-state index in [1.165, 1.54) is 45.3 Å². The van der Waals surface area contributed by atoms with E-state index in [2.05, 4.69) is 52.3 Å². The van der Waals surface area contributed by atoms with E-state index in [9.17, 15) is 4.39 Å². The van der Waals surface area contributed by atoms with Crippen molar-refractivity contribution in [3.8, 4) is 5.75 Å². The molecule has 4 heteroatoms. The highest BCUT2D eigenvalue weighted by molar-refractivity contribution is 6.36. The van der Waals surface area contributed by atoms with Crippen LogP contribution in [0, 0.1) is 12.7 Å². The third-order valence-electron chi connectivity index (χ3n) is 6.95. The van der Waals surface area contributed by atoms with Gasteiger partial charge >= 0.3 is 0 Å². The quantitative estimate of drug-likeness (QED) is 0.246. The lowest BCUT2D eigenvalue weighted by Crippen LogP contribution is -2.27. The summed E-state index contributed by atoms with van der Waals surface area (Å²) in [5.74, 6) is 0.562. The Kier molecular flexibility index (Phi) is 6.95. The molecule has 1 heterocycles. The van der Waals surface area contributed by atoms with Gasteiger partial charge in [-0.2, -0.15) is 0 Å². The van der Waals surface area contributed by atoms with Crippen LogP contribution in [0.3, 0.4) is 0 Å². The third-order valence-corrected chi connectivity index (χ3v) is 7.27. The fourth-order valence-corrected chi connectivity index (χ4v) is 5.21. The molecule has 176 valence electrons. The summed E-state index contributed by atoms with van der Waals surface area (Å²) in [6.45, 7) is 11.4. The molecule has 0 bridgehead atoms. The number of benzene rings is 3. The molecule has 0 fully saturated rings. The number of ether oxygens (including phenoxy) is 1. The first-order chi connectivity index (χ1) is 16.2. The van der Waals surface area contributed by atoms with Gasteiger partial charge in [-0.3, -0.25) is 0 Å². The molecule has 0 N–H and O–H groups in total. The SMILES string of the molecule is CC(C)=C(CCCOc1cccc2cc(F)ccc12)c1ccc(Cl)c(C2=C(C)[N+](C)=C2C)c1C. The van der Waals surface area contributed by atoms with Gasteiger partial charge in [0.15, 0.2) is 11.4 Å². The van der Waals surface area contributed by atoms with Crippen molar-refractivity contribution >= 4 is 39.2 Å². The Morgan fingerprint density at radius 3 is 2.50 bits per heavy atom. The average molecular weight is 477 g/mol. The summed E-state index contributed by atoms with van der Waals surface area (Å²) in [5, 5.41) is 2.59. The molecule has 3 aromatic rings. The second kappa shape index (κ2) is 9.76. The molecular formula is C30H32ClFNO+. The Morgan fingerprint density at radius 2 is 1.79 bits per heavy atom. The van der Waals surface area contributed by atoms with Crippen molar-refractivity contribution in [1.29, 1.82) is 0 Å². The standard InChI is InChI=1S/C30H32ClFNO/c1-18(2)24(10-8-16-34-28-11-7-9-22-17-23(32)12-13-26(22)28)25-14-15-27(31)29(19(25)3)30-20(4)33(6)21(30)5/h7,9,11-15,17H,8,10,16H2,1-6H3/q+1. The van der Waals surface area contributed by atoms with Crippen LogP contribution in [-0.2, 0) is 0 Å². The summed E-state index contributed by atoms with van der Waals surface area (Å²) >= 11 is 6.70. The van der Waals surface area contributed by atoms with Gasteiger partial charge in [-0.05, 0) is 86.0 Å². The summed E-state index contributed by atoms with van der Waals surface area (Å²) in [7, 11) is 2.09. The van der Waals surface area contributed by atoms with Crippen LogP contribution in [0.2, 0.25) is 5.02 Å². The maximum Gasteiger partial charge on any atom is 0.192 e. The molecule has 0 saturated heterocycles. The third kappa shape index (κ3) is 4.42. The van der Waals surface area contributed by atoms with Crippen LogP contribution in [0.5, 0.6) is 5.75 Å². The van der Waals surface area contributed by atoms with Gasteiger partial charge < -0.3 is 4.74 Å². The topological polar surface area (TPSA) is 12.2 Å². The Labute approximate surface area is 207 Å². The second-order valence-corrected chi connectivity index (χ2v) is 9.66. The Morgan fingerprint density at radius 1 is 1.03 bits per heavy atom. The molecule has 0 aromatic heterocycles. The minimum atomic E-state index is -0.233. The highest BCUT2D eigenvalue weighted by atomic mass is 35.5. The van der Waals surface area contributed by atoms with Crippen molar-refractivity contribution in [3.63, 3.8) is 0 Å². The predicted molar refractivity (Wildman–Crippen MR) is 143 cm³/mol. The molecule has 0 spiro atoms. The van der Waals surface area contributed by atoms with Crippen molar-refractivity contribution < 1.29 is 13.7 Å². The van der Waals surface area contributed by atoms with Crippen molar-refractivity contribution in [2.24, 2.45) is 0 Å². The molecule has 4 rings (SSSR count). The largest absolute Gasteiger partial charge is 0.493 e.